The summed E-state index contributed by atoms with van der Waals surface area (Å²) >= 11 is 3.28. The zero-order valence-corrected chi connectivity index (χ0v) is 17.6. The van der Waals surface area contributed by atoms with Crippen LogP contribution in [0.5, 0.6) is 0 Å². The number of carbonyl (C=O) groups is 1. The summed E-state index contributed by atoms with van der Waals surface area (Å²) in [6, 6.07) is 7.95. The molecule has 2 unspecified atom stereocenters. The van der Waals surface area contributed by atoms with Crippen molar-refractivity contribution in [3.63, 3.8) is 0 Å². The van der Waals surface area contributed by atoms with Crippen LogP contribution in [0.25, 0.3) is 0 Å². The van der Waals surface area contributed by atoms with Crippen molar-refractivity contribution in [1.82, 2.24) is 9.29 Å². The number of hydrogen-bond donors (Lipinski definition) is 1. The smallest absolute Gasteiger partial charge is 0.257 e. The lowest BCUT2D eigenvalue weighted by Crippen LogP contribution is -2.42. The highest BCUT2D eigenvalue weighted by Crippen LogP contribution is 2.27. The van der Waals surface area contributed by atoms with E-state index < -0.39 is 10.0 Å². The third-order valence-electron chi connectivity index (χ3n) is 4.55. The van der Waals surface area contributed by atoms with E-state index in [4.69, 9.17) is 0 Å². The minimum absolute atomic E-state index is 0.242. The van der Waals surface area contributed by atoms with Gasteiger partial charge in [0.05, 0.1) is 10.5 Å². The maximum atomic E-state index is 12.9. The number of carbonyl (C=O) groups excluding carboxylic acids is 1. The summed E-state index contributed by atoms with van der Waals surface area (Å²) in [6.45, 7) is 5.24. The second-order valence-electron chi connectivity index (χ2n) is 7.14. The van der Waals surface area contributed by atoms with Gasteiger partial charge in [-0.05, 0) is 64.5 Å². The number of anilines is 1. The van der Waals surface area contributed by atoms with E-state index in [1.165, 1.54) is 18.3 Å². The maximum Gasteiger partial charge on any atom is 0.257 e. The molecule has 2 aromatic rings. The van der Waals surface area contributed by atoms with Crippen LogP contribution in [0, 0.1) is 11.8 Å². The van der Waals surface area contributed by atoms with Gasteiger partial charge in [0.25, 0.3) is 5.91 Å². The zero-order chi connectivity index (χ0) is 19.6. The predicted octanol–water partition coefficient (Wildman–Crippen LogP) is 3.76. The van der Waals surface area contributed by atoms with Gasteiger partial charge < -0.3 is 5.32 Å². The Bertz CT molecular complexity index is 921. The molecule has 27 heavy (non-hydrogen) atoms. The molecule has 1 aliphatic heterocycles. The van der Waals surface area contributed by atoms with E-state index in [2.05, 4.69) is 40.1 Å². The van der Waals surface area contributed by atoms with Crippen LogP contribution >= 0.6 is 15.9 Å². The Labute approximate surface area is 168 Å². The molecule has 1 fully saturated rings. The van der Waals surface area contributed by atoms with Gasteiger partial charge in [-0.1, -0.05) is 13.8 Å². The monoisotopic (exact) mass is 451 g/mol. The Morgan fingerprint density at radius 3 is 2.37 bits per heavy atom. The molecule has 0 bridgehead atoms. The van der Waals surface area contributed by atoms with Gasteiger partial charge in [-0.3, -0.25) is 9.78 Å². The summed E-state index contributed by atoms with van der Waals surface area (Å²) < 4.78 is 28.1. The highest BCUT2D eigenvalue weighted by molar-refractivity contribution is 9.10. The summed E-state index contributed by atoms with van der Waals surface area (Å²) in [4.78, 5) is 16.5. The van der Waals surface area contributed by atoms with E-state index in [9.17, 15) is 13.2 Å². The number of benzene rings is 1. The highest BCUT2D eigenvalue weighted by Gasteiger charge is 2.31. The lowest BCUT2D eigenvalue weighted by Gasteiger charge is -2.34. The number of pyridine rings is 1. The number of piperidine rings is 1. The Balaban J connectivity index is 1.74. The van der Waals surface area contributed by atoms with Gasteiger partial charge in [0.15, 0.2) is 0 Å². The Morgan fingerprint density at radius 2 is 1.78 bits per heavy atom. The molecule has 0 radical (unpaired) electrons. The first-order valence-corrected chi connectivity index (χ1v) is 11.0. The fourth-order valence-corrected chi connectivity index (χ4v) is 5.45. The summed E-state index contributed by atoms with van der Waals surface area (Å²) in [6.07, 6.45) is 4.11. The van der Waals surface area contributed by atoms with Crippen molar-refractivity contribution in [2.75, 3.05) is 18.4 Å². The Hall–Kier alpha value is -1.77. The number of nitrogens with one attached hydrogen (secondary N) is 1. The number of amides is 1. The van der Waals surface area contributed by atoms with Crippen molar-refractivity contribution in [2.45, 2.75) is 25.2 Å². The van der Waals surface area contributed by atoms with Gasteiger partial charge >= 0.3 is 0 Å². The van der Waals surface area contributed by atoms with Gasteiger partial charge in [-0.15, -0.1) is 0 Å². The van der Waals surface area contributed by atoms with Crippen molar-refractivity contribution >= 4 is 37.5 Å². The van der Waals surface area contributed by atoms with Crippen LogP contribution in [-0.4, -0.2) is 36.7 Å². The standard InChI is InChI=1S/C19H22BrN3O3S/c1-13-7-14(2)12-23(11-13)27(25,26)18-5-3-17(4-6-18)22-19(24)15-8-16(20)10-21-9-15/h3-6,8-10,13-14H,7,11-12H2,1-2H3,(H,22,24). The largest absolute Gasteiger partial charge is 0.322 e. The number of nitrogens with zero attached hydrogens (tertiary/aromatic N) is 2. The SMILES string of the molecule is CC1CC(C)CN(S(=O)(=O)c2ccc(NC(=O)c3cncc(Br)c3)cc2)C1. The fourth-order valence-electron chi connectivity index (χ4n) is 3.40. The minimum atomic E-state index is -3.53. The molecule has 2 heterocycles. The summed E-state index contributed by atoms with van der Waals surface area (Å²) in [7, 11) is -3.53. The Morgan fingerprint density at radius 1 is 1.15 bits per heavy atom. The average molecular weight is 452 g/mol. The van der Waals surface area contributed by atoms with Crippen LogP contribution in [0.4, 0.5) is 5.69 Å². The van der Waals surface area contributed by atoms with Crippen LogP contribution in [-0.2, 0) is 10.0 Å². The summed E-state index contributed by atoms with van der Waals surface area (Å²) in [5.74, 6) is 0.389. The van der Waals surface area contributed by atoms with E-state index in [-0.39, 0.29) is 10.8 Å². The average Bonchev–Trinajstić information content (AvgIpc) is 2.61. The van der Waals surface area contributed by atoms with Crippen LogP contribution < -0.4 is 5.32 Å². The fraction of sp³-hybridized carbons (Fsp3) is 0.368. The normalized spacial score (nSPS) is 21.0. The quantitative estimate of drug-likeness (QED) is 0.766. The molecule has 1 aromatic heterocycles. The molecule has 1 N–H and O–H groups in total. The lowest BCUT2D eigenvalue weighted by molar-refractivity contribution is 0.102. The second-order valence-corrected chi connectivity index (χ2v) is 9.99. The zero-order valence-electron chi connectivity index (χ0n) is 15.2. The van der Waals surface area contributed by atoms with Crippen molar-refractivity contribution in [1.29, 1.82) is 0 Å². The second kappa shape index (κ2) is 8.08. The molecule has 0 aliphatic carbocycles. The molecular formula is C19H22BrN3O3S. The highest BCUT2D eigenvalue weighted by atomic mass is 79.9. The number of sulfonamides is 1. The molecule has 0 saturated carbocycles. The number of halogens is 1. The van der Waals surface area contributed by atoms with Crippen molar-refractivity contribution < 1.29 is 13.2 Å². The molecule has 0 spiro atoms. The molecular weight excluding hydrogens is 430 g/mol. The third kappa shape index (κ3) is 4.75. The molecule has 8 heteroatoms. The predicted molar refractivity (Wildman–Crippen MR) is 108 cm³/mol. The molecule has 144 valence electrons. The van der Waals surface area contributed by atoms with E-state index in [1.54, 1.807) is 28.7 Å². The molecule has 2 atom stereocenters. The van der Waals surface area contributed by atoms with Crippen LogP contribution in [0.2, 0.25) is 0 Å². The molecule has 1 saturated heterocycles. The summed E-state index contributed by atoms with van der Waals surface area (Å²) in [5.41, 5.74) is 0.941. The molecule has 3 rings (SSSR count). The van der Waals surface area contributed by atoms with Crippen molar-refractivity contribution in [3.05, 3.63) is 52.8 Å². The number of aromatic nitrogens is 1. The van der Waals surface area contributed by atoms with E-state index in [1.807, 2.05) is 0 Å². The van der Waals surface area contributed by atoms with E-state index >= 15 is 0 Å². The van der Waals surface area contributed by atoms with Crippen LogP contribution in [0.15, 0.2) is 52.1 Å². The minimum Gasteiger partial charge on any atom is -0.322 e. The van der Waals surface area contributed by atoms with Crippen LogP contribution in [0.1, 0.15) is 30.6 Å². The van der Waals surface area contributed by atoms with Gasteiger partial charge in [-0.2, -0.15) is 4.31 Å². The molecule has 1 aromatic carbocycles. The summed E-state index contributed by atoms with van der Waals surface area (Å²) in [5, 5.41) is 2.75. The van der Waals surface area contributed by atoms with Crippen molar-refractivity contribution in [3.8, 4) is 0 Å². The van der Waals surface area contributed by atoms with Gasteiger partial charge in [0.1, 0.15) is 0 Å². The first-order valence-electron chi connectivity index (χ1n) is 8.78. The van der Waals surface area contributed by atoms with E-state index in [0.29, 0.717) is 40.6 Å². The van der Waals surface area contributed by atoms with Crippen LogP contribution in [0.3, 0.4) is 0 Å². The topological polar surface area (TPSA) is 79.4 Å². The maximum absolute atomic E-state index is 12.9. The lowest BCUT2D eigenvalue weighted by atomic mass is 9.94. The number of rotatable bonds is 4. The Kier molecular flexibility index (Phi) is 5.98. The van der Waals surface area contributed by atoms with Gasteiger partial charge in [0.2, 0.25) is 10.0 Å². The van der Waals surface area contributed by atoms with Crippen molar-refractivity contribution in [2.24, 2.45) is 11.8 Å². The molecule has 1 aliphatic rings. The first-order chi connectivity index (χ1) is 12.8. The third-order valence-corrected chi connectivity index (χ3v) is 6.83. The van der Waals surface area contributed by atoms with Gasteiger partial charge in [0, 0.05) is 35.6 Å². The first kappa shape index (κ1) is 20.0. The number of hydrogen-bond acceptors (Lipinski definition) is 4. The molecule has 1 amide bonds. The van der Waals surface area contributed by atoms with E-state index in [0.717, 1.165) is 6.42 Å². The van der Waals surface area contributed by atoms with Gasteiger partial charge in [-0.25, -0.2) is 8.42 Å². The molecule has 6 nitrogen and oxygen atoms in total.